The van der Waals surface area contributed by atoms with Crippen LogP contribution in [-0.4, -0.2) is 5.11 Å². The number of allylic oxidation sites excluding steroid dienone is 1. The normalized spacial score (nSPS) is 57.6. The maximum atomic E-state index is 9.38. The minimum atomic E-state index is 0.477. The van der Waals surface area contributed by atoms with E-state index >= 15 is 0 Å². The lowest BCUT2D eigenvalue weighted by Crippen LogP contribution is -2.28. The van der Waals surface area contributed by atoms with Crippen molar-refractivity contribution in [3.05, 3.63) is 12.3 Å². The van der Waals surface area contributed by atoms with Crippen LogP contribution in [0.1, 0.15) is 19.3 Å². The zero-order valence-corrected chi connectivity index (χ0v) is 6.66. The fourth-order valence-electron chi connectivity index (χ4n) is 3.98. The Bertz CT molecular complexity index is 221. The lowest BCUT2D eigenvalue weighted by molar-refractivity contribution is 0.137. The molecule has 4 aliphatic carbocycles. The minimum Gasteiger partial charge on any atom is -0.513 e. The van der Waals surface area contributed by atoms with Gasteiger partial charge < -0.3 is 5.11 Å². The van der Waals surface area contributed by atoms with Gasteiger partial charge in [-0.3, -0.25) is 0 Å². The third-order valence-corrected chi connectivity index (χ3v) is 4.33. The first-order chi connectivity index (χ1) is 5.29. The second-order valence-electron chi connectivity index (χ2n) is 4.49. The van der Waals surface area contributed by atoms with Crippen LogP contribution < -0.4 is 0 Å². The Morgan fingerprint density at radius 1 is 1.09 bits per heavy atom. The van der Waals surface area contributed by atoms with Gasteiger partial charge in [-0.25, -0.2) is 0 Å². The van der Waals surface area contributed by atoms with E-state index in [0.29, 0.717) is 11.7 Å². The van der Waals surface area contributed by atoms with Crippen LogP contribution in [0.5, 0.6) is 0 Å². The second-order valence-corrected chi connectivity index (χ2v) is 4.49. The van der Waals surface area contributed by atoms with E-state index in [4.69, 9.17) is 0 Å². The average molecular weight is 150 g/mol. The van der Waals surface area contributed by atoms with Crippen molar-refractivity contribution in [1.82, 2.24) is 0 Å². The van der Waals surface area contributed by atoms with Crippen LogP contribution in [0, 0.1) is 29.6 Å². The Balaban J connectivity index is 1.95. The molecule has 11 heavy (non-hydrogen) atoms. The first kappa shape index (κ1) is 6.10. The Kier molecular flexibility index (Phi) is 0.915. The van der Waals surface area contributed by atoms with E-state index in [1.54, 1.807) is 0 Å². The third kappa shape index (κ3) is 0.512. The first-order valence-electron chi connectivity index (χ1n) is 4.67. The molecule has 0 aromatic carbocycles. The molecule has 4 fully saturated rings. The summed E-state index contributed by atoms with van der Waals surface area (Å²) < 4.78 is 0. The van der Waals surface area contributed by atoms with Crippen LogP contribution in [0.2, 0.25) is 0 Å². The highest BCUT2D eigenvalue weighted by Gasteiger charge is 2.63. The standard InChI is InChI=1S/C10H14O/c1-5(11)10-7-3-2-6-8(7)4-9(6)10/h6-11H,1-4H2. The number of aliphatic hydroxyl groups is 1. The number of rotatable bonds is 1. The molecule has 0 aromatic heterocycles. The van der Waals surface area contributed by atoms with Crippen molar-refractivity contribution in [1.29, 1.82) is 0 Å². The van der Waals surface area contributed by atoms with Gasteiger partial charge in [0.05, 0.1) is 5.76 Å². The molecule has 4 rings (SSSR count). The predicted molar refractivity (Wildman–Crippen MR) is 43.1 cm³/mol. The molecule has 1 N–H and O–H groups in total. The number of aliphatic hydroxyl groups excluding tert-OH is 1. The van der Waals surface area contributed by atoms with Crippen molar-refractivity contribution in [2.24, 2.45) is 29.6 Å². The summed E-state index contributed by atoms with van der Waals surface area (Å²) in [6, 6.07) is 0. The molecule has 5 unspecified atom stereocenters. The summed E-state index contributed by atoms with van der Waals surface area (Å²) in [5, 5.41) is 9.38. The van der Waals surface area contributed by atoms with Crippen molar-refractivity contribution < 1.29 is 5.11 Å². The van der Waals surface area contributed by atoms with E-state index in [0.717, 1.165) is 23.7 Å². The maximum Gasteiger partial charge on any atom is 0.0887 e. The van der Waals surface area contributed by atoms with Gasteiger partial charge in [-0.2, -0.15) is 0 Å². The molecule has 0 spiro atoms. The monoisotopic (exact) mass is 150 g/mol. The molecule has 60 valence electrons. The molecule has 0 heterocycles. The Hall–Kier alpha value is -0.460. The van der Waals surface area contributed by atoms with Crippen LogP contribution in [0.3, 0.4) is 0 Å². The lowest BCUT2D eigenvalue weighted by atomic mass is 9.70. The summed E-state index contributed by atoms with van der Waals surface area (Å²) in [6.07, 6.45) is 4.18. The molecule has 0 saturated heterocycles. The molecule has 4 bridgehead atoms. The maximum absolute atomic E-state index is 9.38. The molecule has 5 atom stereocenters. The van der Waals surface area contributed by atoms with Crippen LogP contribution in [0.15, 0.2) is 12.3 Å². The molecule has 4 aliphatic rings. The van der Waals surface area contributed by atoms with Crippen LogP contribution in [-0.2, 0) is 0 Å². The average Bonchev–Trinajstić information content (AvgIpc) is 2.46. The summed E-state index contributed by atoms with van der Waals surface area (Å²) in [5.41, 5.74) is 0. The minimum absolute atomic E-state index is 0.477. The van der Waals surface area contributed by atoms with Gasteiger partial charge in [0.15, 0.2) is 0 Å². The summed E-state index contributed by atoms with van der Waals surface area (Å²) >= 11 is 0. The topological polar surface area (TPSA) is 20.2 Å². The largest absolute Gasteiger partial charge is 0.513 e. The molecular formula is C10H14O. The molecule has 0 aliphatic heterocycles. The SMILES string of the molecule is C=C(O)C1C2CCC3C2CC31. The smallest absolute Gasteiger partial charge is 0.0887 e. The quantitative estimate of drug-likeness (QED) is 0.569. The Morgan fingerprint density at radius 3 is 2.27 bits per heavy atom. The predicted octanol–water partition coefficient (Wildman–Crippen LogP) is 2.35. The Labute approximate surface area is 67.1 Å². The van der Waals surface area contributed by atoms with Crippen LogP contribution in [0.25, 0.3) is 0 Å². The van der Waals surface area contributed by atoms with Gasteiger partial charge in [0.25, 0.3) is 0 Å². The number of hydrogen-bond donors (Lipinski definition) is 1. The van der Waals surface area contributed by atoms with Gasteiger partial charge in [0.1, 0.15) is 0 Å². The molecular weight excluding hydrogens is 136 g/mol. The van der Waals surface area contributed by atoms with Gasteiger partial charge in [0, 0.05) is 5.92 Å². The molecule has 0 radical (unpaired) electrons. The molecule has 0 aromatic rings. The summed E-state index contributed by atoms with van der Waals surface area (Å²) in [5.74, 6) is 4.59. The highest BCUT2D eigenvalue weighted by atomic mass is 16.3. The summed E-state index contributed by atoms with van der Waals surface area (Å²) in [4.78, 5) is 0. The van der Waals surface area contributed by atoms with Crippen molar-refractivity contribution >= 4 is 0 Å². The van der Waals surface area contributed by atoms with Gasteiger partial charge in [-0.1, -0.05) is 6.58 Å². The third-order valence-electron chi connectivity index (χ3n) is 4.33. The van der Waals surface area contributed by atoms with Gasteiger partial charge >= 0.3 is 0 Å². The van der Waals surface area contributed by atoms with Gasteiger partial charge in [0.2, 0.25) is 0 Å². The fourth-order valence-corrected chi connectivity index (χ4v) is 3.98. The van der Waals surface area contributed by atoms with Crippen molar-refractivity contribution in [3.8, 4) is 0 Å². The molecule has 0 amide bonds. The lowest BCUT2D eigenvalue weighted by Gasteiger charge is -2.35. The molecule has 1 heteroatoms. The van der Waals surface area contributed by atoms with E-state index in [9.17, 15) is 5.11 Å². The van der Waals surface area contributed by atoms with E-state index in [1.807, 2.05) is 0 Å². The van der Waals surface area contributed by atoms with Crippen LogP contribution >= 0.6 is 0 Å². The van der Waals surface area contributed by atoms with Crippen molar-refractivity contribution in [2.75, 3.05) is 0 Å². The van der Waals surface area contributed by atoms with E-state index in [1.165, 1.54) is 19.3 Å². The summed E-state index contributed by atoms with van der Waals surface area (Å²) in [7, 11) is 0. The van der Waals surface area contributed by atoms with E-state index < -0.39 is 0 Å². The highest BCUT2D eigenvalue weighted by Crippen LogP contribution is 2.69. The number of hydrogen-bond acceptors (Lipinski definition) is 1. The van der Waals surface area contributed by atoms with Crippen LogP contribution in [0.4, 0.5) is 0 Å². The second kappa shape index (κ2) is 1.65. The molecule has 4 saturated carbocycles. The van der Waals surface area contributed by atoms with Crippen molar-refractivity contribution in [3.63, 3.8) is 0 Å². The first-order valence-corrected chi connectivity index (χ1v) is 4.67. The fraction of sp³-hybridized carbons (Fsp3) is 0.800. The highest BCUT2D eigenvalue weighted by molar-refractivity contribution is 5.17. The van der Waals surface area contributed by atoms with Gasteiger partial charge in [-0.05, 0) is 42.9 Å². The Morgan fingerprint density at radius 2 is 1.82 bits per heavy atom. The van der Waals surface area contributed by atoms with Crippen molar-refractivity contribution in [2.45, 2.75) is 19.3 Å². The summed E-state index contributed by atoms with van der Waals surface area (Å²) in [6.45, 7) is 3.69. The zero-order valence-electron chi connectivity index (χ0n) is 6.66. The van der Waals surface area contributed by atoms with Gasteiger partial charge in [-0.15, -0.1) is 0 Å². The zero-order chi connectivity index (χ0) is 7.59. The molecule has 1 nitrogen and oxygen atoms in total. The van der Waals surface area contributed by atoms with E-state index in [-0.39, 0.29) is 0 Å². The van der Waals surface area contributed by atoms with E-state index in [2.05, 4.69) is 6.58 Å².